The van der Waals surface area contributed by atoms with E-state index < -0.39 is 0 Å². The molecule has 4 nitrogen and oxygen atoms in total. The molecule has 2 heterocycles. The minimum atomic E-state index is -0.0305. The molecule has 94 valence electrons. The van der Waals surface area contributed by atoms with Gasteiger partial charge in [0.2, 0.25) is 5.91 Å². The van der Waals surface area contributed by atoms with Crippen LogP contribution in [-0.4, -0.2) is 23.9 Å². The van der Waals surface area contributed by atoms with Crippen molar-refractivity contribution in [2.75, 3.05) is 13.1 Å². The number of nitrogens with two attached hydrogens (primary N) is 1. The summed E-state index contributed by atoms with van der Waals surface area (Å²) < 4.78 is 0. The molecular weight excluding hydrogens is 234 g/mol. The highest BCUT2D eigenvalue weighted by Crippen LogP contribution is 2.22. The van der Waals surface area contributed by atoms with Crippen LogP contribution in [0.5, 0.6) is 0 Å². The SMILES string of the molecule is Cc1ccc(CN2CCCC(C(=O)NN)C2)s1. The summed E-state index contributed by atoms with van der Waals surface area (Å²) in [5.41, 5.74) is 2.26. The molecule has 1 aliphatic heterocycles. The van der Waals surface area contributed by atoms with E-state index in [9.17, 15) is 4.79 Å². The minimum Gasteiger partial charge on any atom is -0.297 e. The molecule has 17 heavy (non-hydrogen) atoms. The number of thiophene rings is 1. The summed E-state index contributed by atoms with van der Waals surface area (Å²) in [6, 6.07) is 4.32. The van der Waals surface area contributed by atoms with Gasteiger partial charge in [-0.1, -0.05) is 0 Å². The smallest absolute Gasteiger partial charge is 0.238 e. The number of aryl methyl sites for hydroxylation is 1. The van der Waals surface area contributed by atoms with Crippen LogP contribution in [0.3, 0.4) is 0 Å². The number of nitrogens with one attached hydrogen (secondary N) is 1. The molecule has 0 aliphatic carbocycles. The molecule has 1 aromatic rings. The molecule has 1 aliphatic rings. The van der Waals surface area contributed by atoms with Gasteiger partial charge in [-0.25, -0.2) is 5.84 Å². The van der Waals surface area contributed by atoms with Crippen LogP contribution in [0.4, 0.5) is 0 Å². The molecule has 5 heteroatoms. The number of hydrogen-bond acceptors (Lipinski definition) is 4. The van der Waals surface area contributed by atoms with E-state index in [1.54, 1.807) is 0 Å². The van der Waals surface area contributed by atoms with E-state index in [0.717, 1.165) is 32.5 Å². The lowest BCUT2D eigenvalue weighted by molar-refractivity contribution is -0.126. The summed E-state index contributed by atoms with van der Waals surface area (Å²) in [6.07, 6.45) is 2.02. The first-order chi connectivity index (χ1) is 8.19. The summed E-state index contributed by atoms with van der Waals surface area (Å²) in [4.78, 5) is 16.6. The fourth-order valence-corrected chi connectivity index (χ4v) is 3.25. The number of hydrazine groups is 1. The maximum Gasteiger partial charge on any atom is 0.238 e. The highest BCUT2D eigenvalue weighted by atomic mass is 32.1. The third kappa shape index (κ3) is 3.28. The van der Waals surface area contributed by atoms with Gasteiger partial charge in [-0.15, -0.1) is 11.3 Å². The Kier molecular flexibility index (Phi) is 4.15. The zero-order chi connectivity index (χ0) is 12.3. The molecule has 2 rings (SSSR count). The van der Waals surface area contributed by atoms with Gasteiger partial charge in [0.25, 0.3) is 0 Å². The Bertz CT molecular complexity index is 391. The van der Waals surface area contributed by atoms with E-state index in [1.807, 2.05) is 11.3 Å². The summed E-state index contributed by atoms with van der Waals surface area (Å²) in [5, 5.41) is 0. The van der Waals surface area contributed by atoms with Crippen LogP contribution in [0.25, 0.3) is 0 Å². The molecule has 1 atom stereocenters. The summed E-state index contributed by atoms with van der Waals surface area (Å²) in [7, 11) is 0. The lowest BCUT2D eigenvalue weighted by Gasteiger charge is -2.31. The topological polar surface area (TPSA) is 58.4 Å². The van der Waals surface area contributed by atoms with E-state index >= 15 is 0 Å². The van der Waals surface area contributed by atoms with Crippen molar-refractivity contribution in [2.24, 2.45) is 11.8 Å². The van der Waals surface area contributed by atoms with Crippen molar-refractivity contribution >= 4 is 17.2 Å². The van der Waals surface area contributed by atoms with Gasteiger partial charge in [0.1, 0.15) is 0 Å². The molecule has 0 aromatic carbocycles. The van der Waals surface area contributed by atoms with Crippen molar-refractivity contribution in [2.45, 2.75) is 26.3 Å². The van der Waals surface area contributed by atoms with Crippen LogP contribution in [0.1, 0.15) is 22.6 Å². The zero-order valence-electron chi connectivity index (χ0n) is 10.1. The maximum atomic E-state index is 11.5. The molecule has 0 bridgehead atoms. The minimum absolute atomic E-state index is 0.0305. The van der Waals surface area contributed by atoms with Crippen molar-refractivity contribution in [1.82, 2.24) is 10.3 Å². The van der Waals surface area contributed by atoms with Crippen molar-refractivity contribution in [3.05, 3.63) is 21.9 Å². The van der Waals surface area contributed by atoms with Gasteiger partial charge < -0.3 is 0 Å². The van der Waals surface area contributed by atoms with Gasteiger partial charge in [-0.3, -0.25) is 15.1 Å². The fourth-order valence-electron chi connectivity index (χ4n) is 2.32. The number of nitrogens with zero attached hydrogens (tertiary/aromatic N) is 1. The second kappa shape index (κ2) is 5.62. The molecule has 1 unspecified atom stereocenters. The Labute approximate surface area is 106 Å². The number of amides is 1. The third-order valence-corrected chi connectivity index (χ3v) is 4.18. The number of carbonyl (C=O) groups is 1. The molecule has 1 aromatic heterocycles. The quantitative estimate of drug-likeness (QED) is 0.484. The van der Waals surface area contributed by atoms with Crippen LogP contribution >= 0.6 is 11.3 Å². The third-order valence-electron chi connectivity index (χ3n) is 3.19. The van der Waals surface area contributed by atoms with Crippen molar-refractivity contribution in [3.8, 4) is 0 Å². The van der Waals surface area contributed by atoms with Gasteiger partial charge in [0, 0.05) is 22.8 Å². The summed E-state index contributed by atoms with van der Waals surface area (Å²) in [5.74, 6) is 5.21. The molecule has 0 radical (unpaired) electrons. The van der Waals surface area contributed by atoms with Gasteiger partial charge in [0.15, 0.2) is 0 Å². The Morgan fingerprint density at radius 1 is 1.65 bits per heavy atom. The number of likely N-dealkylation sites (tertiary alicyclic amines) is 1. The second-order valence-corrected chi connectivity index (χ2v) is 5.97. The second-order valence-electron chi connectivity index (χ2n) is 4.60. The number of hydrogen-bond donors (Lipinski definition) is 2. The Balaban J connectivity index is 1.91. The molecule has 1 fully saturated rings. The maximum absolute atomic E-state index is 11.5. The van der Waals surface area contributed by atoms with Crippen molar-refractivity contribution < 1.29 is 4.79 Å². The van der Waals surface area contributed by atoms with Crippen LogP contribution < -0.4 is 11.3 Å². The van der Waals surface area contributed by atoms with Crippen LogP contribution in [0.15, 0.2) is 12.1 Å². The average molecular weight is 253 g/mol. The molecule has 0 spiro atoms. The average Bonchev–Trinajstić information content (AvgIpc) is 2.74. The Hall–Kier alpha value is -0.910. The standard InChI is InChI=1S/C12H19N3OS/c1-9-4-5-11(17-9)8-15-6-2-3-10(7-15)12(16)14-13/h4-5,10H,2-3,6-8,13H2,1H3,(H,14,16). The first-order valence-electron chi connectivity index (χ1n) is 5.97. The molecular formula is C12H19N3OS. The highest BCUT2D eigenvalue weighted by Gasteiger charge is 2.25. The van der Waals surface area contributed by atoms with Gasteiger partial charge in [-0.2, -0.15) is 0 Å². The monoisotopic (exact) mass is 253 g/mol. The van der Waals surface area contributed by atoms with Gasteiger partial charge >= 0.3 is 0 Å². The number of carbonyl (C=O) groups excluding carboxylic acids is 1. The zero-order valence-corrected chi connectivity index (χ0v) is 10.9. The van der Waals surface area contributed by atoms with Gasteiger partial charge in [0.05, 0.1) is 5.92 Å². The predicted octanol–water partition coefficient (Wildman–Crippen LogP) is 1.26. The fraction of sp³-hybridized carbons (Fsp3) is 0.583. The summed E-state index contributed by atoms with van der Waals surface area (Å²) >= 11 is 1.83. The normalized spacial score (nSPS) is 21.4. The van der Waals surface area contributed by atoms with E-state index in [0.29, 0.717) is 0 Å². The molecule has 1 amide bonds. The van der Waals surface area contributed by atoms with Crippen LogP contribution in [0.2, 0.25) is 0 Å². The van der Waals surface area contributed by atoms with E-state index in [2.05, 4.69) is 29.4 Å². The molecule has 0 saturated carbocycles. The first-order valence-corrected chi connectivity index (χ1v) is 6.79. The Morgan fingerprint density at radius 3 is 3.12 bits per heavy atom. The molecule has 1 saturated heterocycles. The largest absolute Gasteiger partial charge is 0.297 e. The van der Waals surface area contributed by atoms with E-state index in [1.165, 1.54) is 9.75 Å². The van der Waals surface area contributed by atoms with E-state index in [4.69, 9.17) is 5.84 Å². The van der Waals surface area contributed by atoms with Crippen LogP contribution in [0, 0.1) is 12.8 Å². The molecule has 3 N–H and O–H groups in total. The highest BCUT2D eigenvalue weighted by molar-refractivity contribution is 7.11. The number of rotatable bonds is 3. The lowest BCUT2D eigenvalue weighted by atomic mass is 9.97. The van der Waals surface area contributed by atoms with Gasteiger partial charge in [-0.05, 0) is 38.4 Å². The van der Waals surface area contributed by atoms with Crippen molar-refractivity contribution in [1.29, 1.82) is 0 Å². The predicted molar refractivity (Wildman–Crippen MR) is 69.4 cm³/mol. The Morgan fingerprint density at radius 2 is 2.47 bits per heavy atom. The van der Waals surface area contributed by atoms with E-state index in [-0.39, 0.29) is 11.8 Å². The van der Waals surface area contributed by atoms with Crippen molar-refractivity contribution in [3.63, 3.8) is 0 Å². The summed E-state index contributed by atoms with van der Waals surface area (Å²) in [6.45, 7) is 4.97. The first kappa shape index (κ1) is 12.5. The number of piperidine rings is 1. The lowest BCUT2D eigenvalue weighted by Crippen LogP contribution is -2.44. The van der Waals surface area contributed by atoms with Crippen LogP contribution in [-0.2, 0) is 11.3 Å².